The summed E-state index contributed by atoms with van der Waals surface area (Å²) in [4.78, 5) is 23.3. The molecule has 2 amide bonds. The van der Waals surface area contributed by atoms with Gasteiger partial charge in [0.25, 0.3) is 11.8 Å². The first-order valence-corrected chi connectivity index (χ1v) is 8.89. The monoisotopic (exact) mass is 410 g/mol. The molecule has 0 saturated carbocycles. The van der Waals surface area contributed by atoms with Gasteiger partial charge in [-0.3, -0.25) is 9.59 Å². The van der Waals surface area contributed by atoms with Crippen molar-refractivity contribution in [1.82, 2.24) is 5.32 Å². The average molecular weight is 411 g/mol. The molecule has 0 aliphatic carbocycles. The average Bonchev–Trinajstić information content (AvgIpc) is 2.62. The maximum Gasteiger partial charge on any atom is 0.255 e. The summed E-state index contributed by atoms with van der Waals surface area (Å²) in [5, 5.41) is 4.02. The van der Waals surface area contributed by atoms with Gasteiger partial charge < -0.3 is 20.5 Å². The molecule has 1 atom stereocenters. The molecule has 0 radical (unpaired) electrons. The summed E-state index contributed by atoms with van der Waals surface area (Å²) < 4.78 is 10.5. The molecule has 0 heterocycles. The van der Waals surface area contributed by atoms with Crippen molar-refractivity contribution in [2.75, 3.05) is 13.7 Å². The molecule has 8 heteroatoms. The summed E-state index contributed by atoms with van der Waals surface area (Å²) in [7, 11) is 1.44. The van der Waals surface area contributed by atoms with Gasteiger partial charge in [0, 0.05) is 21.7 Å². The maximum atomic E-state index is 12.5. The summed E-state index contributed by atoms with van der Waals surface area (Å²) in [5.41, 5.74) is 6.35. The van der Waals surface area contributed by atoms with E-state index in [4.69, 9.17) is 38.4 Å². The number of methoxy groups -OCH3 is 1. The summed E-state index contributed by atoms with van der Waals surface area (Å²) in [6.07, 6.45) is 0.554. The molecule has 144 valence electrons. The van der Waals surface area contributed by atoms with Gasteiger partial charge in [0.15, 0.2) is 18.1 Å². The largest absolute Gasteiger partial charge is 0.493 e. The number of primary amides is 1. The Morgan fingerprint density at radius 3 is 2.52 bits per heavy atom. The zero-order valence-electron chi connectivity index (χ0n) is 14.9. The fourth-order valence-corrected chi connectivity index (χ4v) is 2.94. The van der Waals surface area contributed by atoms with Crippen molar-refractivity contribution in [2.24, 2.45) is 5.73 Å². The Kier molecular flexibility index (Phi) is 7.33. The van der Waals surface area contributed by atoms with Crippen molar-refractivity contribution in [3.8, 4) is 11.5 Å². The van der Waals surface area contributed by atoms with E-state index in [0.717, 1.165) is 5.56 Å². The predicted octanol–water partition coefficient (Wildman–Crippen LogP) is 3.23. The van der Waals surface area contributed by atoms with Crippen LogP contribution < -0.4 is 20.5 Å². The summed E-state index contributed by atoms with van der Waals surface area (Å²) in [6, 6.07) is 9.77. The smallest absolute Gasteiger partial charge is 0.255 e. The number of halogens is 2. The highest BCUT2D eigenvalue weighted by molar-refractivity contribution is 6.35. The minimum absolute atomic E-state index is 0.159. The molecule has 2 rings (SSSR count). The highest BCUT2D eigenvalue weighted by Crippen LogP contribution is 2.28. The molecule has 0 saturated heterocycles. The number of carbonyl (C=O) groups is 2. The molecular weight excluding hydrogens is 391 g/mol. The van der Waals surface area contributed by atoms with Crippen LogP contribution in [0.5, 0.6) is 11.5 Å². The van der Waals surface area contributed by atoms with E-state index < -0.39 is 5.91 Å². The van der Waals surface area contributed by atoms with Crippen LogP contribution in [0.25, 0.3) is 0 Å². The van der Waals surface area contributed by atoms with E-state index in [0.29, 0.717) is 33.5 Å². The maximum absolute atomic E-state index is 12.5. The third-order valence-corrected chi connectivity index (χ3v) is 4.30. The SMILES string of the molecule is COc1cc(C(=O)NC(C)Cc2ccc(Cl)cc2Cl)ccc1OCC(N)=O. The van der Waals surface area contributed by atoms with Crippen LogP contribution >= 0.6 is 23.2 Å². The van der Waals surface area contributed by atoms with Gasteiger partial charge in [0.05, 0.1) is 7.11 Å². The molecule has 2 aromatic carbocycles. The van der Waals surface area contributed by atoms with E-state index in [1.165, 1.54) is 13.2 Å². The summed E-state index contributed by atoms with van der Waals surface area (Å²) in [6.45, 7) is 1.60. The lowest BCUT2D eigenvalue weighted by Gasteiger charge is -2.16. The topological polar surface area (TPSA) is 90.7 Å². The molecular formula is C19H20Cl2N2O4. The zero-order valence-corrected chi connectivity index (χ0v) is 16.4. The first-order chi connectivity index (χ1) is 12.8. The highest BCUT2D eigenvalue weighted by Gasteiger charge is 2.15. The molecule has 27 heavy (non-hydrogen) atoms. The lowest BCUT2D eigenvalue weighted by Crippen LogP contribution is -2.34. The Hall–Kier alpha value is -2.44. The van der Waals surface area contributed by atoms with Gasteiger partial charge in [-0.25, -0.2) is 0 Å². The van der Waals surface area contributed by atoms with Crippen LogP contribution in [0.15, 0.2) is 36.4 Å². The minimum atomic E-state index is -0.603. The Labute approximate surface area is 167 Å². The summed E-state index contributed by atoms with van der Waals surface area (Å²) in [5.74, 6) is -0.216. The number of nitrogens with one attached hydrogen (secondary N) is 1. The van der Waals surface area contributed by atoms with Gasteiger partial charge >= 0.3 is 0 Å². The molecule has 0 aliphatic heterocycles. The van der Waals surface area contributed by atoms with Crippen molar-refractivity contribution in [3.05, 3.63) is 57.6 Å². The minimum Gasteiger partial charge on any atom is -0.493 e. The normalized spacial score (nSPS) is 11.6. The van der Waals surface area contributed by atoms with Crippen LogP contribution in [-0.4, -0.2) is 31.6 Å². The first-order valence-electron chi connectivity index (χ1n) is 8.14. The number of amides is 2. The van der Waals surface area contributed by atoms with Crippen LogP contribution in [-0.2, 0) is 11.2 Å². The number of benzene rings is 2. The van der Waals surface area contributed by atoms with Crippen molar-refractivity contribution >= 4 is 35.0 Å². The molecule has 2 aromatic rings. The highest BCUT2D eigenvalue weighted by atomic mass is 35.5. The van der Waals surface area contributed by atoms with Crippen molar-refractivity contribution in [1.29, 1.82) is 0 Å². The van der Waals surface area contributed by atoms with Crippen LogP contribution in [0, 0.1) is 0 Å². The van der Waals surface area contributed by atoms with Gasteiger partial charge in [-0.2, -0.15) is 0 Å². The number of ether oxygens (including phenoxy) is 2. The standard InChI is InChI=1S/C19H20Cl2N2O4/c1-11(7-12-3-5-14(20)9-15(12)21)23-19(25)13-4-6-16(17(8-13)26-2)27-10-18(22)24/h3-6,8-9,11H,7,10H2,1-2H3,(H2,22,24)(H,23,25). The second-order valence-corrected chi connectivity index (χ2v) is 6.78. The molecule has 0 fully saturated rings. The third-order valence-electron chi connectivity index (χ3n) is 3.71. The Morgan fingerprint density at radius 1 is 1.15 bits per heavy atom. The van der Waals surface area contributed by atoms with E-state index in [9.17, 15) is 9.59 Å². The third kappa shape index (κ3) is 6.05. The van der Waals surface area contributed by atoms with Gasteiger partial charge in [0.1, 0.15) is 0 Å². The predicted molar refractivity (Wildman–Crippen MR) is 105 cm³/mol. The van der Waals surface area contributed by atoms with E-state index in [-0.39, 0.29) is 18.6 Å². The van der Waals surface area contributed by atoms with Gasteiger partial charge in [0.2, 0.25) is 0 Å². The molecule has 0 aromatic heterocycles. The fourth-order valence-electron chi connectivity index (χ4n) is 2.45. The van der Waals surface area contributed by atoms with E-state index in [2.05, 4.69) is 5.32 Å². The van der Waals surface area contributed by atoms with E-state index in [1.54, 1.807) is 24.3 Å². The van der Waals surface area contributed by atoms with Gasteiger partial charge in [-0.05, 0) is 49.2 Å². The number of nitrogens with two attached hydrogens (primary N) is 1. The zero-order chi connectivity index (χ0) is 20.0. The Morgan fingerprint density at radius 2 is 1.89 bits per heavy atom. The molecule has 1 unspecified atom stereocenters. The van der Waals surface area contributed by atoms with Gasteiger partial charge in [-0.15, -0.1) is 0 Å². The fraction of sp³-hybridized carbons (Fsp3) is 0.263. The van der Waals surface area contributed by atoms with Crippen LogP contribution in [0.2, 0.25) is 10.0 Å². The van der Waals surface area contributed by atoms with Crippen molar-refractivity contribution in [2.45, 2.75) is 19.4 Å². The lowest BCUT2D eigenvalue weighted by atomic mass is 10.1. The first kappa shape index (κ1) is 20.9. The van der Waals surface area contributed by atoms with Gasteiger partial charge in [-0.1, -0.05) is 29.3 Å². The Balaban J connectivity index is 2.04. The second-order valence-electron chi connectivity index (χ2n) is 5.93. The molecule has 0 spiro atoms. The molecule has 6 nitrogen and oxygen atoms in total. The molecule has 3 N–H and O–H groups in total. The number of hydrogen-bond acceptors (Lipinski definition) is 4. The van der Waals surface area contributed by atoms with Crippen LogP contribution in [0.4, 0.5) is 0 Å². The van der Waals surface area contributed by atoms with E-state index in [1.807, 2.05) is 13.0 Å². The van der Waals surface area contributed by atoms with Crippen LogP contribution in [0.3, 0.4) is 0 Å². The Bertz CT molecular complexity index is 842. The lowest BCUT2D eigenvalue weighted by molar-refractivity contribution is -0.119. The second kappa shape index (κ2) is 9.48. The number of carbonyl (C=O) groups excluding carboxylic acids is 2. The van der Waals surface area contributed by atoms with E-state index >= 15 is 0 Å². The number of hydrogen-bond donors (Lipinski definition) is 2. The van der Waals surface area contributed by atoms with Crippen LogP contribution in [0.1, 0.15) is 22.8 Å². The molecule has 0 bridgehead atoms. The summed E-state index contributed by atoms with van der Waals surface area (Å²) >= 11 is 12.1. The van der Waals surface area contributed by atoms with Crippen molar-refractivity contribution in [3.63, 3.8) is 0 Å². The number of rotatable bonds is 8. The molecule has 0 aliphatic rings. The quantitative estimate of drug-likeness (QED) is 0.698. The van der Waals surface area contributed by atoms with Crippen molar-refractivity contribution < 1.29 is 19.1 Å².